The van der Waals surface area contributed by atoms with E-state index in [4.69, 9.17) is 32.6 Å². The Morgan fingerprint density at radius 2 is 2.09 bits per heavy atom. The van der Waals surface area contributed by atoms with E-state index in [0.717, 1.165) is 36.1 Å². The number of carbonyl (C=O) groups excluding carboxylic acids is 1. The van der Waals surface area contributed by atoms with Gasteiger partial charge in [-0.2, -0.15) is 0 Å². The summed E-state index contributed by atoms with van der Waals surface area (Å²) in [5, 5.41) is 4.84. The van der Waals surface area contributed by atoms with Gasteiger partial charge in [-0.05, 0) is 61.6 Å². The van der Waals surface area contributed by atoms with Crippen molar-refractivity contribution < 1.29 is 9.21 Å². The molecule has 3 aromatic heterocycles. The van der Waals surface area contributed by atoms with E-state index >= 15 is 0 Å². The molecule has 0 radical (unpaired) electrons. The van der Waals surface area contributed by atoms with Gasteiger partial charge in [0.25, 0.3) is 5.56 Å². The maximum atomic E-state index is 13.6. The second kappa shape index (κ2) is 9.54. The average molecular weight is 520 g/mol. The van der Waals surface area contributed by atoms with Crippen molar-refractivity contribution in [1.82, 2.24) is 9.55 Å². The molecule has 5 rings (SSSR count). The zero-order valence-corrected chi connectivity index (χ0v) is 20.5. The number of thioether (sulfide) groups is 1. The fraction of sp³-hybridized carbons (Fsp3) is 0.261. The van der Waals surface area contributed by atoms with Crippen LogP contribution < -0.4 is 10.9 Å². The largest absolute Gasteiger partial charge is 0.467 e. The van der Waals surface area contributed by atoms with Crippen LogP contribution in [-0.4, -0.2) is 21.2 Å². The molecular formula is C23H19Cl2N3O3S2. The summed E-state index contributed by atoms with van der Waals surface area (Å²) in [6.45, 7) is 0.253. The number of nitrogens with zero attached hydrogens (tertiary/aromatic N) is 2. The highest BCUT2D eigenvalue weighted by Crippen LogP contribution is 2.35. The lowest BCUT2D eigenvalue weighted by Crippen LogP contribution is -2.25. The molecule has 4 aromatic rings. The van der Waals surface area contributed by atoms with Gasteiger partial charge >= 0.3 is 0 Å². The van der Waals surface area contributed by atoms with E-state index < -0.39 is 0 Å². The van der Waals surface area contributed by atoms with Crippen LogP contribution in [0, 0.1) is 0 Å². The maximum absolute atomic E-state index is 13.6. The Labute approximate surface area is 207 Å². The molecule has 33 heavy (non-hydrogen) atoms. The standard InChI is InChI=1S/C23H19Cl2N3O3S2/c24-13-7-8-16(25)17(10-13)26-19(29)12-32-23-27-21-20(15-5-1-2-6-18(15)33-21)22(30)28(23)11-14-4-3-9-31-14/h3-4,7-10H,1-2,5-6,11-12H2,(H,26,29). The van der Waals surface area contributed by atoms with E-state index in [1.165, 1.54) is 16.6 Å². The Balaban J connectivity index is 1.46. The maximum Gasteiger partial charge on any atom is 0.263 e. The van der Waals surface area contributed by atoms with Gasteiger partial charge in [0, 0.05) is 9.90 Å². The van der Waals surface area contributed by atoms with E-state index in [2.05, 4.69) is 5.32 Å². The number of amides is 1. The molecule has 170 valence electrons. The van der Waals surface area contributed by atoms with Gasteiger partial charge in [0.05, 0.1) is 34.7 Å². The molecule has 1 aromatic carbocycles. The van der Waals surface area contributed by atoms with Crippen LogP contribution in [0.25, 0.3) is 10.2 Å². The first-order chi connectivity index (χ1) is 16.0. The molecule has 0 atom stereocenters. The van der Waals surface area contributed by atoms with Crippen molar-refractivity contribution in [3.8, 4) is 0 Å². The first kappa shape index (κ1) is 22.5. The van der Waals surface area contributed by atoms with Crippen molar-refractivity contribution in [2.75, 3.05) is 11.1 Å². The van der Waals surface area contributed by atoms with Crippen molar-refractivity contribution in [1.29, 1.82) is 0 Å². The summed E-state index contributed by atoms with van der Waals surface area (Å²) in [4.78, 5) is 33.0. The van der Waals surface area contributed by atoms with E-state index in [0.29, 0.717) is 32.0 Å². The van der Waals surface area contributed by atoms with Crippen molar-refractivity contribution in [2.24, 2.45) is 0 Å². The van der Waals surface area contributed by atoms with Gasteiger partial charge in [-0.1, -0.05) is 35.0 Å². The predicted octanol–water partition coefficient (Wildman–Crippen LogP) is 6.02. The smallest absolute Gasteiger partial charge is 0.263 e. The quantitative estimate of drug-likeness (QED) is 0.249. The van der Waals surface area contributed by atoms with Gasteiger partial charge in [0.2, 0.25) is 5.91 Å². The number of thiophene rings is 1. The second-order valence-corrected chi connectivity index (χ2v) is 10.6. The third-order valence-electron chi connectivity index (χ3n) is 5.47. The van der Waals surface area contributed by atoms with E-state index in [-0.39, 0.29) is 23.8 Å². The topological polar surface area (TPSA) is 77.1 Å². The van der Waals surface area contributed by atoms with Crippen molar-refractivity contribution in [3.05, 3.63) is 73.2 Å². The number of hydrogen-bond donors (Lipinski definition) is 1. The summed E-state index contributed by atoms with van der Waals surface area (Å²) >= 11 is 15.0. The third kappa shape index (κ3) is 4.71. The fourth-order valence-electron chi connectivity index (χ4n) is 3.94. The number of anilines is 1. The average Bonchev–Trinajstić information content (AvgIpc) is 3.44. The van der Waals surface area contributed by atoms with E-state index in [1.54, 1.807) is 46.4 Å². The molecule has 1 aliphatic carbocycles. The van der Waals surface area contributed by atoms with Crippen LogP contribution in [0.2, 0.25) is 10.0 Å². The Kier molecular flexibility index (Phi) is 6.51. The molecule has 0 fully saturated rings. The minimum absolute atomic E-state index is 0.0596. The number of hydrogen-bond acceptors (Lipinski definition) is 6. The first-order valence-electron chi connectivity index (χ1n) is 10.4. The molecule has 0 spiro atoms. The van der Waals surface area contributed by atoms with Gasteiger partial charge in [-0.3, -0.25) is 14.2 Å². The first-order valence-corrected chi connectivity index (χ1v) is 13.0. The molecule has 1 amide bonds. The summed E-state index contributed by atoms with van der Waals surface area (Å²) < 4.78 is 7.09. The van der Waals surface area contributed by atoms with Crippen LogP contribution in [0.5, 0.6) is 0 Å². The Morgan fingerprint density at radius 3 is 2.91 bits per heavy atom. The summed E-state index contributed by atoms with van der Waals surface area (Å²) in [6, 6.07) is 8.48. The Hall–Kier alpha value is -2.26. The van der Waals surface area contributed by atoms with Crippen LogP contribution in [-0.2, 0) is 24.2 Å². The summed E-state index contributed by atoms with van der Waals surface area (Å²) in [7, 11) is 0. The summed E-state index contributed by atoms with van der Waals surface area (Å²) in [5.41, 5.74) is 1.49. The molecular weight excluding hydrogens is 501 g/mol. The lowest BCUT2D eigenvalue weighted by atomic mass is 9.97. The highest BCUT2D eigenvalue weighted by atomic mass is 35.5. The van der Waals surface area contributed by atoms with Crippen molar-refractivity contribution >= 4 is 68.1 Å². The Morgan fingerprint density at radius 1 is 1.24 bits per heavy atom. The zero-order chi connectivity index (χ0) is 22.9. The number of benzene rings is 1. The molecule has 0 aliphatic heterocycles. The van der Waals surface area contributed by atoms with Gasteiger partial charge in [-0.15, -0.1) is 11.3 Å². The lowest BCUT2D eigenvalue weighted by Gasteiger charge is -2.13. The second-order valence-electron chi connectivity index (χ2n) is 7.72. The van der Waals surface area contributed by atoms with Crippen molar-refractivity contribution in [3.63, 3.8) is 0 Å². The number of rotatable bonds is 6. The van der Waals surface area contributed by atoms with E-state index in [1.807, 2.05) is 6.07 Å². The van der Waals surface area contributed by atoms with Crippen LogP contribution in [0.15, 0.2) is 51.0 Å². The molecule has 3 heterocycles. The third-order valence-corrected chi connectivity index (χ3v) is 8.20. The summed E-state index contributed by atoms with van der Waals surface area (Å²) in [5.74, 6) is 0.442. The number of aromatic nitrogens is 2. The van der Waals surface area contributed by atoms with Gasteiger partial charge in [0.15, 0.2) is 5.16 Å². The lowest BCUT2D eigenvalue weighted by molar-refractivity contribution is -0.113. The number of nitrogens with one attached hydrogen (secondary N) is 1. The van der Waals surface area contributed by atoms with Gasteiger partial charge < -0.3 is 9.73 Å². The zero-order valence-electron chi connectivity index (χ0n) is 17.4. The molecule has 0 unspecified atom stereocenters. The molecule has 6 nitrogen and oxygen atoms in total. The van der Waals surface area contributed by atoms with E-state index in [9.17, 15) is 9.59 Å². The molecule has 10 heteroatoms. The number of furan rings is 1. The van der Waals surface area contributed by atoms with Gasteiger partial charge in [-0.25, -0.2) is 4.98 Å². The van der Waals surface area contributed by atoms with Crippen LogP contribution >= 0.6 is 46.3 Å². The molecule has 0 bridgehead atoms. The molecule has 1 N–H and O–H groups in total. The minimum atomic E-state index is -0.270. The van der Waals surface area contributed by atoms with Crippen LogP contribution in [0.4, 0.5) is 5.69 Å². The molecule has 1 aliphatic rings. The number of carbonyl (C=O) groups is 1. The highest BCUT2D eigenvalue weighted by molar-refractivity contribution is 7.99. The van der Waals surface area contributed by atoms with Crippen LogP contribution in [0.3, 0.4) is 0 Å². The monoisotopic (exact) mass is 519 g/mol. The van der Waals surface area contributed by atoms with Crippen LogP contribution in [0.1, 0.15) is 29.0 Å². The summed E-state index contributed by atoms with van der Waals surface area (Å²) in [6.07, 6.45) is 5.68. The normalized spacial score (nSPS) is 13.3. The number of halogens is 2. The number of fused-ring (bicyclic) bond motifs is 3. The van der Waals surface area contributed by atoms with Gasteiger partial charge in [0.1, 0.15) is 10.6 Å². The number of aryl methyl sites for hydroxylation is 2. The molecule has 0 saturated carbocycles. The highest BCUT2D eigenvalue weighted by Gasteiger charge is 2.23. The Bertz CT molecular complexity index is 1400. The SMILES string of the molecule is O=C(CSc1nc2sc3c(c2c(=O)n1Cc1ccco1)CCCC3)Nc1cc(Cl)ccc1Cl. The predicted molar refractivity (Wildman–Crippen MR) is 134 cm³/mol. The fourth-order valence-corrected chi connectivity index (χ4v) is 6.38. The van der Waals surface area contributed by atoms with Crippen molar-refractivity contribution in [2.45, 2.75) is 37.4 Å². The minimum Gasteiger partial charge on any atom is -0.467 e. The molecule has 0 saturated heterocycles.